The second-order valence-corrected chi connectivity index (χ2v) is 8.13. The maximum absolute atomic E-state index is 11.5. The summed E-state index contributed by atoms with van der Waals surface area (Å²) in [6.07, 6.45) is 3.55. The molecule has 7 heteroatoms. The molecule has 1 aliphatic rings. The lowest BCUT2D eigenvalue weighted by Gasteiger charge is -2.07. The molecule has 114 valence electrons. The number of nitrogens with zero attached hydrogens (tertiary/aromatic N) is 2. The Hall–Kier alpha value is -0.950. The monoisotopic (exact) mass is 301 g/mol. The van der Waals surface area contributed by atoms with Crippen LogP contribution in [-0.2, 0) is 9.84 Å². The van der Waals surface area contributed by atoms with Gasteiger partial charge in [0.25, 0.3) is 0 Å². The third-order valence-corrected chi connectivity index (χ3v) is 5.54. The van der Waals surface area contributed by atoms with E-state index in [1.54, 1.807) is 0 Å². The zero-order valence-electron chi connectivity index (χ0n) is 12.1. The number of sulfone groups is 1. The lowest BCUT2D eigenvalue weighted by Crippen LogP contribution is -2.14. The van der Waals surface area contributed by atoms with Crippen LogP contribution in [-0.4, -0.2) is 36.1 Å². The molecule has 1 aromatic rings. The molecule has 0 bridgehead atoms. The molecular weight excluding hydrogens is 278 g/mol. The fourth-order valence-electron chi connectivity index (χ4n) is 2.48. The van der Waals surface area contributed by atoms with Gasteiger partial charge in [-0.25, -0.2) is 8.42 Å². The number of hydrogen-bond donors (Lipinski definition) is 1. The van der Waals surface area contributed by atoms with Gasteiger partial charge in [-0.1, -0.05) is 18.5 Å². The van der Waals surface area contributed by atoms with Crippen LogP contribution in [0, 0.1) is 0 Å². The van der Waals surface area contributed by atoms with E-state index in [2.05, 4.69) is 10.1 Å². The van der Waals surface area contributed by atoms with Gasteiger partial charge in [-0.05, 0) is 26.2 Å². The average Bonchev–Trinajstić information content (AvgIpc) is 2.94. The third-order valence-electron chi connectivity index (χ3n) is 3.77. The first-order valence-electron chi connectivity index (χ1n) is 7.17. The Morgan fingerprint density at radius 2 is 2.15 bits per heavy atom. The van der Waals surface area contributed by atoms with E-state index in [0.29, 0.717) is 18.1 Å². The van der Waals surface area contributed by atoms with Gasteiger partial charge in [-0.3, -0.25) is 0 Å². The van der Waals surface area contributed by atoms with Gasteiger partial charge < -0.3 is 10.3 Å². The van der Waals surface area contributed by atoms with Gasteiger partial charge in [0.05, 0.1) is 11.5 Å². The van der Waals surface area contributed by atoms with Crippen LogP contribution in [0.25, 0.3) is 0 Å². The van der Waals surface area contributed by atoms with Crippen molar-refractivity contribution in [1.29, 1.82) is 0 Å². The van der Waals surface area contributed by atoms with Crippen molar-refractivity contribution in [2.75, 3.05) is 11.5 Å². The first-order chi connectivity index (χ1) is 9.37. The molecule has 1 aliphatic heterocycles. The number of nitrogens with two attached hydrogens (primary N) is 1. The molecule has 2 rings (SSSR count). The van der Waals surface area contributed by atoms with Crippen molar-refractivity contribution in [3.8, 4) is 0 Å². The normalized spacial score (nSPS) is 24.6. The minimum atomic E-state index is -2.91. The summed E-state index contributed by atoms with van der Waals surface area (Å²) in [5.74, 6) is 1.60. The summed E-state index contributed by atoms with van der Waals surface area (Å²) >= 11 is 0. The van der Waals surface area contributed by atoms with E-state index >= 15 is 0 Å². The lowest BCUT2D eigenvalue weighted by atomic mass is 10.0. The van der Waals surface area contributed by atoms with Crippen molar-refractivity contribution in [3.63, 3.8) is 0 Å². The standard InChI is InChI=1S/C13H23N3O3S/c1-9(4-3-5-10(2)14)13-15-12(16-19-13)11-6-7-20(17,18)8-11/h9-11H,3-8,14H2,1-2H3. The van der Waals surface area contributed by atoms with Crippen molar-refractivity contribution < 1.29 is 12.9 Å². The molecule has 6 nitrogen and oxygen atoms in total. The molecule has 0 amide bonds. The maximum Gasteiger partial charge on any atom is 0.229 e. The summed E-state index contributed by atoms with van der Waals surface area (Å²) in [6, 6.07) is 0.212. The molecule has 1 fully saturated rings. The smallest absolute Gasteiger partial charge is 0.229 e. The fraction of sp³-hybridized carbons (Fsp3) is 0.846. The van der Waals surface area contributed by atoms with Gasteiger partial charge in [-0.15, -0.1) is 0 Å². The quantitative estimate of drug-likeness (QED) is 0.856. The molecule has 2 heterocycles. The van der Waals surface area contributed by atoms with Gasteiger partial charge in [0.15, 0.2) is 15.7 Å². The Balaban J connectivity index is 1.92. The number of rotatable bonds is 6. The molecule has 0 aromatic carbocycles. The van der Waals surface area contributed by atoms with E-state index in [9.17, 15) is 8.42 Å². The van der Waals surface area contributed by atoms with Crippen LogP contribution >= 0.6 is 0 Å². The van der Waals surface area contributed by atoms with Crippen LogP contribution in [0.1, 0.15) is 63.1 Å². The Morgan fingerprint density at radius 3 is 2.75 bits per heavy atom. The van der Waals surface area contributed by atoms with E-state index in [4.69, 9.17) is 10.3 Å². The van der Waals surface area contributed by atoms with Gasteiger partial charge in [0, 0.05) is 17.9 Å². The second-order valence-electron chi connectivity index (χ2n) is 5.90. The van der Waals surface area contributed by atoms with Crippen molar-refractivity contribution in [1.82, 2.24) is 10.1 Å². The summed E-state index contributed by atoms with van der Waals surface area (Å²) in [6.45, 7) is 4.04. The molecule has 3 unspecified atom stereocenters. The zero-order chi connectivity index (χ0) is 14.8. The van der Waals surface area contributed by atoms with Crippen LogP contribution in [0.5, 0.6) is 0 Å². The van der Waals surface area contributed by atoms with Crippen LogP contribution in [0.3, 0.4) is 0 Å². The van der Waals surface area contributed by atoms with Crippen molar-refractivity contribution in [3.05, 3.63) is 11.7 Å². The van der Waals surface area contributed by atoms with E-state index in [1.807, 2.05) is 13.8 Å². The van der Waals surface area contributed by atoms with Crippen LogP contribution < -0.4 is 5.73 Å². The van der Waals surface area contributed by atoms with Gasteiger partial charge in [0.1, 0.15) is 0 Å². The molecular formula is C13H23N3O3S. The van der Waals surface area contributed by atoms with Crippen LogP contribution in [0.4, 0.5) is 0 Å². The molecule has 3 atom stereocenters. The molecule has 2 N–H and O–H groups in total. The summed E-state index contributed by atoms with van der Waals surface area (Å²) in [7, 11) is -2.91. The zero-order valence-corrected chi connectivity index (χ0v) is 12.9. The summed E-state index contributed by atoms with van der Waals surface area (Å²) in [5, 5.41) is 3.95. The molecule has 1 aromatic heterocycles. The van der Waals surface area contributed by atoms with E-state index in [0.717, 1.165) is 19.3 Å². The highest BCUT2D eigenvalue weighted by Crippen LogP contribution is 2.28. The minimum Gasteiger partial charge on any atom is -0.339 e. The van der Waals surface area contributed by atoms with Gasteiger partial charge >= 0.3 is 0 Å². The van der Waals surface area contributed by atoms with Crippen molar-refractivity contribution >= 4 is 9.84 Å². The molecule has 0 saturated carbocycles. The first-order valence-corrected chi connectivity index (χ1v) is 8.99. The van der Waals surface area contributed by atoms with Crippen molar-refractivity contribution in [2.45, 2.75) is 57.4 Å². The second kappa shape index (κ2) is 6.22. The van der Waals surface area contributed by atoms with Crippen LogP contribution in [0.15, 0.2) is 4.52 Å². The summed E-state index contributed by atoms with van der Waals surface area (Å²) < 4.78 is 28.2. The number of aromatic nitrogens is 2. The highest BCUT2D eigenvalue weighted by atomic mass is 32.2. The highest BCUT2D eigenvalue weighted by molar-refractivity contribution is 7.91. The van der Waals surface area contributed by atoms with Gasteiger partial charge in [-0.2, -0.15) is 4.98 Å². The third kappa shape index (κ3) is 4.02. The Labute approximate surface area is 120 Å². The predicted octanol–water partition coefficient (Wildman–Crippen LogP) is 1.59. The SMILES string of the molecule is CC(N)CCCC(C)c1nc(C2CCS(=O)(=O)C2)no1. The lowest BCUT2D eigenvalue weighted by molar-refractivity contribution is 0.344. The molecule has 0 aliphatic carbocycles. The highest BCUT2D eigenvalue weighted by Gasteiger charge is 2.32. The topological polar surface area (TPSA) is 99.1 Å². The molecule has 20 heavy (non-hydrogen) atoms. The largest absolute Gasteiger partial charge is 0.339 e. The van der Waals surface area contributed by atoms with Crippen LogP contribution in [0.2, 0.25) is 0 Å². The summed E-state index contributed by atoms with van der Waals surface area (Å²) in [5.41, 5.74) is 5.72. The molecule has 0 spiro atoms. The van der Waals surface area contributed by atoms with E-state index in [-0.39, 0.29) is 29.4 Å². The average molecular weight is 301 g/mol. The van der Waals surface area contributed by atoms with E-state index < -0.39 is 9.84 Å². The maximum atomic E-state index is 11.5. The van der Waals surface area contributed by atoms with Gasteiger partial charge in [0.2, 0.25) is 5.89 Å². The first kappa shape index (κ1) is 15.4. The fourth-order valence-corrected chi connectivity index (χ4v) is 4.22. The Bertz CT molecular complexity index is 539. The van der Waals surface area contributed by atoms with Crippen molar-refractivity contribution in [2.24, 2.45) is 5.73 Å². The number of hydrogen-bond acceptors (Lipinski definition) is 6. The molecule has 0 radical (unpaired) electrons. The Kier molecular flexibility index (Phi) is 4.80. The Morgan fingerprint density at radius 1 is 1.40 bits per heavy atom. The molecule has 1 saturated heterocycles. The summed E-state index contributed by atoms with van der Waals surface area (Å²) in [4.78, 5) is 4.38. The van der Waals surface area contributed by atoms with E-state index in [1.165, 1.54) is 0 Å². The predicted molar refractivity (Wildman–Crippen MR) is 76.2 cm³/mol. The minimum absolute atomic E-state index is 0.103.